The van der Waals surface area contributed by atoms with Crippen molar-refractivity contribution in [1.29, 1.82) is 0 Å². The molecule has 15 heavy (non-hydrogen) atoms. The minimum absolute atomic E-state index is 0.0418. The molecule has 2 rings (SSSR count). The zero-order chi connectivity index (χ0) is 10.7. The number of nitrogens with one attached hydrogen (secondary N) is 2. The van der Waals surface area contributed by atoms with Crippen molar-refractivity contribution in [2.24, 2.45) is 5.92 Å². The summed E-state index contributed by atoms with van der Waals surface area (Å²) < 4.78 is 0. The highest BCUT2D eigenvalue weighted by molar-refractivity contribution is 5.92. The lowest BCUT2D eigenvalue weighted by molar-refractivity contribution is -0.141. The fourth-order valence-electron chi connectivity index (χ4n) is 2.16. The number of nitrogens with zero attached hydrogens (tertiary/aromatic N) is 1. The molecule has 5 nitrogen and oxygen atoms in total. The molecule has 0 aromatic carbocycles. The number of hydrogen-bond acceptors (Lipinski definition) is 3. The lowest BCUT2D eigenvalue weighted by Crippen LogP contribution is -2.53. The van der Waals surface area contributed by atoms with E-state index in [0.29, 0.717) is 5.92 Å². The van der Waals surface area contributed by atoms with E-state index in [0.717, 1.165) is 26.1 Å². The summed E-state index contributed by atoms with van der Waals surface area (Å²) in [6, 6.07) is 0. The number of hydrogen-bond donors (Lipinski definition) is 2. The molecule has 84 valence electrons. The first kappa shape index (κ1) is 10.4. The van der Waals surface area contributed by atoms with Crippen LogP contribution >= 0.6 is 0 Å². The van der Waals surface area contributed by atoms with E-state index < -0.39 is 0 Å². The molecular formula is C10H17N3O2. The van der Waals surface area contributed by atoms with Crippen molar-refractivity contribution in [3.05, 3.63) is 0 Å². The summed E-state index contributed by atoms with van der Waals surface area (Å²) in [5.41, 5.74) is 0. The molecule has 5 heteroatoms. The first-order chi connectivity index (χ1) is 7.25. The largest absolute Gasteiger partial charge is 0.345 e. The number of piperazine rings is 1. The van der Waals surface area contributed by atoms with Gasteiger partial charge in [0.05, 0.1) is 13.1 Å². The van der Waals surface area contributed by atoms with Crippen molar-refractivity contribution in [3.63, 3.8) is 0 Å². The van der Waals surface area contributed by atoms with Crippen LogP contribution in [0.4, 0.5) is 0 Å². The predicted octanol–water partition coefficient (Wildman–Crippen LogP) is -1.06. The zero-order valence-corrected chi connectivity index (χ0v) is 8.79. The van der Waals surface area contributed by atoms with E-state index in [1.165, 1.54) is 6.42 Å². The Hall–Kier alpha value is -1.10. The van der Waals surface area contributed by atoms with Gasteiger partial charge in [-0.1, -0.05) is 0 Å². The first-order valence-electron chi connectivity index (χ1n) is 5.51. The third kappa shape index (κ3) is 2.68. The lowest BCUT2D eigenvalue weighted by atomic mass is 9.99. The number of carbonyl (C=O) groups excluding carboxylic acids is 2. The van der Waals surface area contributed by atoms with Gasteiger partial charge in [-0.2, -0.15) is 0 Å². The van der Waals surface area contributed by atoms with Crippen LogP contribution in [0.1, 0.15) is 12.8 Å². The van der Waals surface area contributed by atoms with E-state index in [4.69, 9.17) is 0 Å². The van der Waals surface area contributed by atoms with Gasteiger partial charge >= 0.3 is 0 Å². The van der Waals surface area contributed by atoms with Crippen molar-refractivity contribution in [2.75, 3.05) is 32.7 Å². The summed E-state index contributed by atoms with van der Waals surface area (Å²) in [7, 11) is 0. The molecule has 1 atom stereocenters. The van der Waals surface area contributed by atoms with Crippen molar-refractivity contribution in [3.8, 4) is 0 Å². The molecule has 2 saturated heterocycles. The van der Waals surface area contributed by atoms with Crippen LogP contribution in [-0.4, -0.2) is 49.4 Å². The van der Waals surface area contributed by atoms with E-state index in [9.17, 15) is 9.59 Å². The average molecular weight is 211 g/mol. The Morgan fingerprint density at radius 1 is 1.40 bits per heavy atom. The fourth-order valence-corrected chi connectivity index (χ4v) is 2.16. The summed E-state index contributed by atoms with van der Waals surface area (Å²) in [5.74, 6) is 0.507. The molecule has 2 aliphatic rings. The summed E-state index contributed by atoms with van der Waals surface area (Å²) >= 11 is 0. The first-order valence-corrected chi connectivity index (χ1v) is 5.51. The van der Waals surface area contributed by atoms with E-state index in [2.05, 4.69) is 10.6 Å². The molecule has 2 N–H and O–H groups in total. The van der Waals surface area contributed by atoms with Crippen LogP contribution in [0.5, 0.6) is 0 Å². The maximum absolute atomic E-state index is 11.5. The SMILES string of the molecule is O=C1CN(CC2CCCNC2)C(=O)CN1. The van der Waals surface area contributed by atoms with Gasteiger partial charge in [0, 0.05) is 6.54 Å². The summed E-state index contributed by atoms with van der Waals surface area (Å²) in [6.45, 7) is 3.16. The molecule has 0 aromatic heterocycles. The summed E-state index contributed by atoms with van der Waals surface area (Å²) in [6.07, 6.45) is 2.32. The van der Waals surface area contributed by atoms with E-state index >= 15 is 0 Å². The second-order valence-electron chi connectivity index (χ2n) is 4.26. The van der Waals surface area contributed by atoms with Crippen LogP contribution in [-0.2, 0) is 9.59 Å². The van der Waals surface area contributed by atoms with Gasteiger partial charge in [0.25, 0.3) is 0 Å². The molecule has 0 saturated carbocycles. The predicted molar refractivity (Wildman–Crippen MR) is 55.2 cm³/mol. The normalized spacial score (nSPS) is 27.7. The molecule has 2 aliphatic heterocycles. The summed E-state index contributed by atoms with van der Waals surface area (Å²) in [4.78, 5) is 24.3. The minimum Gasteiger partial charge on any atom is -0.345 e. The Balaban J connectivity index is 1.85. The second-order valence-corrected chi connectivity index (χ2v) is 4.26. The minimum atomic E-state index is -0.0432. The van der Waals surface area contributed by atoms with Gasteiger partial charge in [-0.25, -0.2) is 0 Å². The van der Waals surface area contributed by atoms with Crippen molar-refractivity contribution >= 4 is 11.8 Å². The van der Waals surface area contributed by atoms with Gasteiger partial charge in [0.2, 0.25) is 11.8 Å². The van der Waals surface area contributed by atoms with Crippen LogP contribution in [0, 0.1) is 5.92 Å². The van der Waals surface area contributed by atoms with Gasteiger partial charge in [-0.05, 0) is 31.8 Å². The number of rotatable bonds is 2. The molecule has 2 heterocycles. The summed E-state index contributed by atoms with van der Waals surface area (Å²) in [5, 5.41) is 5.87. The second kappa shape index (κ2) is 4.61. The molecule has 0 bridgehead atoms. The standard InChI is InChI=1S/C10H17N3O2/c14-9-7-13(10(15)5-12-9)6-8-2-1-3-11-4-8/h8,11H,1-7H2,(H,12,14). The van der Waals surface area contributed by atoms with Crippen LogP contribution in [0.3, 0.4) is 0 Å². The quantitative estimate of drug-likeness (QED) is 0.612. The molecule has 0 radical (unpaired) electrons. The topological polar surface area (TPSA) is 61.4 Å². The van der Waals surface area contributed by atoms with Crippen LogP contribution in [0.25, 0.3) is 0 Å². The van der Waals surface area contributed by atoms with Crippen LogP contribution < -0.4 is 10.6 Å². The highest BCUT2D eigenvalue weighted by Gasteiger charge is 2.26. The van der Waals surface area contributed by atoms with Crippen LogP contribution in [0.15, 0.2) is 0 Å². The highest BCUT2D eigenvalue weighted by Crippen LogP contribution is 2.12. The number of amides is 2. The van der Waals surface area contributed by atoms with Gasteiger partial charge in [0.15, 0.2) is 0 Å². The van der Waals surface area contributed by atoms with Gasteiger partial charge in [-0.3, -0.25) is 9.59 Å². The smallest absolute Gasteiger partial charge is 0.242 e. The molecule has 0 spiro atoms. The van der Waals surface area contributed by atoms with Gasteiger partial charge in [0.1, 0.15) is 0 Å². The molecule has 2 fully saturated rings. The van der Waals surface area contributed by atoms with Crippen LogP contribution in [0.2, 0.25) is 0 Å². The van der Waals surface area contributed by atoms with Gasteiger partial charge < -0.3 is 15.5 Å². The molecular weight excluding hydrogens is 194 g/mol. The van der Waals surface area contributed by atoms with Crippen molar-refractivity contribution in [1.82, 2.24) is 15.5 Å². The maximum Gasteiger partial charge on any atom is 0.242 e. The van der Waals surface area contributed by atoms with Crippen molar-refractivity contribution in [2.45, 2.75) is 12.8 Å². The van der Waals surface area contributed by atoms with E-state index in [1.807, 2.05) is 0 Å². The van der Waals surface area contributed by atoms with E-state index in [-0.39, 0.29) is 24.9 Å². The van der Waals surface area contributed by atoms with Gasteiger partial charge in [-0.15, -0.1) is 0 Å². The Kier molecular flexibility index (Phi) is 3.20. The maximum atomic E-state index is 11.5. The molecule has 2 amide bonds. The third-order valence-corrected chi connectivity index (χ3v) is 3.00. The molecule has 0 aliphatic carbocycles. The average Bonchev–Trinajstić information content (AvgIpc) is 2.25. The Bertz CT molecular complexity index is 261. The highest BCUT2D eigenvalue weighted by atomic mass is 16.2. The Morgan fingerprint density at radius 2 is 2.27 bits per heavy atom. The number of piperidine rings is 1. The van der Waals surface area contributed by atoms with E-state index in [1.54, 1.807) is 4.90 Å². The Morgan fingerprint density at radius 3 is 3.00 bits per heavy atom. The number of carbonyl (C=O) groups is 2. The molecule has 1 unspecified atom stereocenters. The fraction of sp³-hybridized carbons (Fsp3) is 0.800. The zero-order valence-electron chi connectivity index (χ0n) is 8.79. The third-order valence-electron chi connectivity index (χ3n) is 3.00. The Labute approximate surface area is 89.2 Å². The van der Waals surface area contributed by atoms with Crippen molar-refractivity contribution < 1.29 is 9.59 Å². The monoisotopic (exact) mass is 211 g/mol. The molecule has 0 aromatic rings. The lowest BCUT2D eigenvalue weighted by Gasteiger charge is -2.32.